The number of alkyl carbamates (subject to hydrolysis) is 1. The van der Waals surface area contributed by atoms with Gasteiger partial charge in [0.2, 0.25) is 5.56 Å². The Morgan fingerprint density at radius 1 is 0.828 bits per heavy atom. The first-order valence-corrected chi connectivity index (χ1v) is 21.5. The van der Waals surface area contributed by atoms with Gasteiger partial charge >= 0.3 is 12.1 Å². The highest BCUT2D eigenvalue weighted by molar-refractivity contribution is 5.89. The lowest BCUT2D eigenvalue weighted by atomic mass is 9.86. The Kier molecular flexibility index (Phi) is 14.0. The lowest BCUT2D eigenvalue weighted by Gasteiger charge is -2.43. The van der Waals surface area contributed by atoms with E-state index >= 15 is 0 Å². The van der Waals surface area contributed by atoms with E-state index < -0.39 is 24.2 Å². The first-order chi connectivity index (χ1) is 31.2. The van der Waals surface area contributed by atoms with Crippen LogP contribution in [0.5, 0.6) is 23.0 Å². The first kappa shape index (κ1) is 43.8. The molecule has 3 saturated heterocycles. The highest BCUT2D eigenvalue weighted by Crippen LogP contribution is 2.32. The Balaban J connectivity index is 0.783. The van der Waals surface area contributed by atoms with Crippen LogP contribution in [0.15, 0.2) is 126 Å². The summed E-state index contributed by atoms with van der Waals surface area (Å²) in [6.07, 6.45) is 0.693. The number of amides is 1. The van der Waals surface area contributed by atoms with Gasteiger partial charge in [0.25, 0.3) is 0 Å². The summed E-state index contributed by atoms with van der Waals surface area (Å²) in [7, 11) is 1.54. The van der Waals surface area contributed by atoms with Crippen LogP contribution in [0.25, 0.3) is 10.9 Å². The average Bonchev–Trinajstić information content (AvgIpc) is 3.32. The van der Waals surface area contributed by atoms with Gasteiger partial charge in [0, 0.05) is 31.1 Å². The molecular formula is C50H52N4O10. The second kappa shape index (κ2) is 20.5. The third-order valence-corrected chi connectivity index (χ3v) is 11.8. The number of aromatic hydroxyl groups is 1. The molecule has 0 saturated carbocycles. The van der Waals surface area contributed by atoms with Crippen molar-refractivity contribution in [3.63, 3.8) is 0 Å². The number of ether oxygens (including phenoxy) is 5. The van der Waals surface area contributed by atoms with Crippen molar-refractivity contribution < 1.29 is 43.5 Å². The standard InChI is InChI=1S/C50H52N4O10/c1-60-44-26-33(28-51-29-42(56)39-15-17-41(55)48-40(39)16-19-46(57)52-48)12-18-43(44)61-24-25-62-49(58)36-13-10-32(11-14-36)31-63-38-9-5-8-37(27-38)47(35-6-3-2-4-7-35)53-50(59)64-45-30-54-22-20-34(45)21-23-54/h2-19,26-27,34,42,45,47,51,55-56H,20-25,28-31H2,1H3,(H,52,57)(H,53,59)/t42?,45?,47-/m0/s1. The van der Waals surface area contributed by atoms with Crippen LogP contribution in [0.4, 0.5) is 4.79 Å². The predicted molar refractivity (Wildman–Crippen MR) is 240 cm³/mol. The van der Waals surface area contributed by atoms with Crippen LogP contribution in [0.3, 0.4) is 0 Å². The quantitative estimate of drug-likeness (QED) is 0.0452. The van der Waals surface area contributed by atoms with Crippen molar-refractivity contribution in [2.45, 2.75) is 44.2 Å². The van der Waals surface area contributed by atoms with Crippen molar-refractivity contribution in [2.75, 3.05) is 46.5 Å². The lowest BCUT2D eigenvalue weighted by molar-refractivity contribution is -0.0336. The maximum Gasteiger partial charge on any atom is 0.408 e. The second-order valence-electron chi connectivity index (χ2n) is 16.0. The summed E-state index contributed by atoms with van der Waals surface area (Å²) in [5.41, 5.74) is 4.42. The van der Waals surface area contributed by atoms with Crippen molar-refractivity contribution in [1.29, 1.82) is 0 Å². The largest absolute Gasteiger partial charge is 0.506 e. The molecule has 14 nitrogen and oxygen atoms in total. The van der Waals surface area contributed by atoms with Crippen molar-refractivity contribution in [3.8, 4) is 23.0 Å². The normalized spacial score (nSPS) is 17.6. The summed E-state index contributed by atoms with van der Waals surface area (Å²) in [5, 5.41) is 27.9. The number of piperidine rings is 3. The van der Waals surface area contributed by atoms with E-state index in [-0.39, 0.29) is 49.3 Å². The molecule has 332 valence electrons. The smallest absolute Gasteiger partial charge is 0.408 e. The molecule has 14 heteroatoms. The van der Waals surface area contributed by atoms with Gasteiger partial charge in [-0.3, -0.25) is 9.69 Å². The molecule has 3 aliphatic rings. The van der Waals surface area contributed by atoms with E-state index in [0.29, 0.717) is 46.2 Å². The van der Waals surface area contributed by atoms with Crippen molar-refractivity contribution in [2.24, 2.45) is 5.92 Å². The third-order valence-electron chi connectivity index (χ3n) is 11.8. The molecule has 0 radical (unpaired) electrons. The number of nitrogens with one attached hydrogen (secondary N) is 3. The number of aromatic nitrogens is 1. The first-order valence-electron chi connectivity index (χ1n) is 21.5. The molecule has 3 fully saturated rings. The number of aliphatic hydroxyl groups excluding tert-OH is 1. The Bertz CT molecular complexity index is 2590. The van der Waals surface area contributed by atoms with E-state index in [0.717, 1.165) is 54.7 Å². The van der Waals surface area contributed by atoms with Gasteiger partial charge in [-0.15, -0.1) is 0 Å². The zero-order valence-electron chi connectivity index (χ0n) is 35.5. The van der Waals surface area contributed by atoms with E-state index in [1.807, 2.05) is 78.9 Å². The Labute approximate surface area is 370 Å². The molecule has 4 heterocycles. The number of rotatable bonds is 18. The SMILES string of the molecule is COc1cc(CNCC(O)c2ccc(O)c3[nH]c(=O)ccc23)ccc1OCCOC(=O)c1ccc(COc2cccc([C@@H](NC(=O)OC3CN4CCC3CC4)c3ccccc3)c2)cc1. The number of esters is 1. The maximum atomic E-state index is 13.2. The Morgan fingerprint density at radius 2 is 1.61 bits per heavy atom. The van der Waals surface area contributed by atoms with Crippen LogP contribution in [0.2, 0.25) is 0 Å². The van der Waals surface area contributed by atoms with Crippen molar-refractivity contribution in [3.05, 3.63) is 165 Å². The van der Waals surface area contributed by atoms with Gasteiger partial charge in [0.15, 0.2) is 11.5 Å². The van der Waals surface area contributed by atoms with Gasteiger partial charge in [-0.2, -0.15) is 0 Å². The molecule has 1 aromatic heterocycles. The molecule has 2 bridgehead atoms. The number of pyridine rings is 1. The monoisotopic (exact) mass is 868 g/mol. The maximum absolute atomic E-state index is 13.2. The summed E-state index contributed by atoms with van der Waals surface area (Å²) in [6.45, 7) is 3.94. The Hall–Kier alpha value is -6.87. The molecule has 9 rings (SSSR count). The number of carbonyl (C=O) groups is 2. The minimum atomic E-state index is -0.898. The molecule has 1 amide bonds. The number of carbonyl (C=O) groups excluding carboxylic acids is 2. The molecule has 5 aromatic carbocycles. The van der Waals surface area contributed by atoms with Gasteiger partial charge < -0.3 is 49.5 Å². The molecule has 0 aliphatic carbocycles. The molecular weight excluding hydrogens is 817 g/mol. The summed E-state index contributed by atoms with van der Waals surface area (Å²) in [4.78, 5) is 42.8. The van der Waals surface area contributed by atoms with Crippen LogP contribution in [0, 0.1) is 5.92 Å². The number of fused-ring (bicyclic) bond motifs is 4. The number of H-pyrrole nitrogens is 1. The zero-order chi connectivity index (χ0) is 44.4. The third kappa shape index (κ3) is 10.8. The van der Waals surface area contributed by atoms with Gasteiger partial charge in [0.1, 0.15) is 37.4 Å². The number of phenolic OH excluding ortho intramolecular Hbond substituents is 1. The molecule has 5 N–H and O–H groups in total. The van der Waals surface area contributed by atoms with Crippen LogP contribution < -0.4 is 30.4 Å². The van der Waals surface area contributed by atoms with E-state index in [1.165, 1.54) is 19.2 Å². The topological polar surface area (TPSA) is 181 Å². The molecule has 6 aromatic rings. The second-order valence-corrected chi connectivity index (χ2v) is 16.0. The van der Waals surface area contributed by atoms with Gasteiger partial charge in [0.05, 0.1) is 30.3 Å². The fraction of sp³-hybridized carbons (Fsp3) is 0.300. The van der Waals surface area contributed by atoms with Crippen LogP contribution in [-0.2, 0) is 22.6 Å². The predicted octanol–water partition coefficient (Wildman–Crippen LogP) is 6.79. The van der Waals surface area contributed by atoms with Crippen LogP contribution in [-0.4, -0.2) is 84.8 Å². The number of aromatic amines is 1. The number of phenols is 1. The molecule has 3 atom stereocenters. The van der Waals surface area contributed by atoms with Crippen molar-refractivity contribution in [1.82, 2.24) is 20.5 Å². The summed E-state index contributed by atoms with van der Waals surface area (Å²) in [5.74, 6) is 1.47. The number of hydrogen-bond donors (Lipinski definition) is 5. The van der Waals surface area contributed by atoms with Crippen molar-refractivity contribution >= 4 is 23.0 Å². The van der Waals surface area contributed by atoms with Gasteiger partial charge in [-0.05, 0) is 108 Å². The summed E-state index contributed by atoms with van der Waals surface area (Å²) >= 11 is 0. The lowest BCUT2D eigenvalue weighted by Crippen LogP contribution is -2.52. The van der Waals surface area contributed by atoms with E-state index in [4.69, 9.17) is 23.7 Å². The number of aliphatic hydroxyl groups is 1. The van der Waals surface area contributed by atoms with E-state index in [1.54, 1.807) is 30.3 Å². The van der Waals surface area contributed by atoms with E-state index in [2.05, 4.69) is 20.5 Å². The highest BCUT2D eigenvalue weighted by atomic mass is 16.6. The van der Waals surface area contributed by atoms with Gasteiger partial charge in [-0.25, -0.2) is 9.59 Å². The highest BCUT2D eigenvalue weighted by Gasteiger charge is 2.37. The number of benzene rings is 5. The molecule has 0 spiro atoms. The molecule has 3 aliphatic heterocycles. The van der Waals surface area contributed by atoms with Crippen LogP contribution >= 0.6 is 0 Å². The average molecular weight is 869 g/mol. The Morgan fingerprint density at radius 3 is 2.38 bits per heavy atom. The number of nitrogens with zero attached hydrogens (tertiary/aromatic N) is 1. The molecule has 2 unspecified atom stereocenters. The fourth-order valence-corrected chi connectivity index (χ4v) is 8.35. The van der Waals surface area contributed by atoms with E-state index in [9.17, 15) is 24.6 Å². The number of methoxy groups -OCH3 is 1. The summed E-state index contributed by atoms with van der Waals surface area (Å²) < 4.78 is 29.0. The fourth-order valence-electron chi connectivity index (χ4n) is 8.35. The van der Waals surface area contributed by atoms with Crippen LogP contribution in [0.1, 0.15) is 63.2 Å². The summed E-state index contributed by atoms with van der Waals surface area (Å²) in [6, 6.07) is 35.5. The minimum absolute atomic E-state index is 0.0144. The minimum Gasteiger partial charge on any atom is -0.506 e. The zero-order valence-corrected chi connectivity index (χ0v) is 35.5. The number of hydrogen-bond acceptors (Lipinski definition) is 12. The van der Waals surface area contributed by atoms with Gasteiger partial charge in [-0.1, -0.05) is 66.7 Å². The molecule has 64 heavy (non-hydrogen) atoms.